The number of carbonyl (C=O) groups is 1. The van der Waals surface area contributed by atoms with Crippen LogP contribution in [0.25, 0.3) is 0 Å². The lowest BCUT2D eigenvalue weighted by molar-refractivity contribution is -0.119. The molecule has 0 atom stereocenters. The van der Waals surface area contributed by atoms with E-state index < -0.39 is 0 Å². The fourth-order valence-corrected chi connectivity index (χ4v) is 3.75. The number of benzene rings is 1. The van der Waals surface area contributed by atoms with E-state index in [0.717, 1.165) is 24.4 Å². The van der Waals surface area contributed by atoms with Gasteiger partial charge in [-0.3, -0.25) is 4.79 Å². The van der Waals surface area contributed by atoms with Gasteiger partial charge in [0.1, 0.15) is 5.75 Å². The molecule has 0 aliphatic rings. The monoisotopic (exact) mass is 446 g/mol. The Kier molecular flexibility index (Phi) is 17.6. The van der Waals surface area contributed by atoms with Gasteiger partial charge < -0.3 is 15.4 Å². The van der Waals surface area contributed by atoms with Crippen molar-refractivity contribution in [1.82, 2.24) is 5.32 Å². The number of hydrogen-bond donors (Lipinski definition) is 2. The molecule has 0 radical (unpaired) electrons. The smallest absolute Gasteiger partial charge is 0.239 e. The summed E-state index contributed by atoms with van der Waals surface area (Å²) >= 11 is 0. The average molecular weight is 447 g/mol. The van der Waals surface area contributed by atoms with E-state index in [1.54, 1.807) is 0 Å². The van der Waals surface area contributed by atoms with E-state index in [0.29, 0.717) is 19.1 Å². The third-order valence-electron chi connectivity index (χ3n) is 5.72. The summed E-state index contributed by atoms with van der Waals surface area (Å²) < 4.78 is 5.73. The van der Waals surface area contributed by atoms with Gasteiger partial charge in [0.2, 0.25) is 5.91 Å². The normalized spacial score (nSPS) is 11.0. The summed E-state index contributed by atoms with van der Waals surface area (Å²) in [6.07, 6.45) is 18.9. The first-order valence-corrected chi connectivity index (χ1v) is 13.3. The minimum absolute atomic E-state index is 0.0493. The van der Waals surface area contributed by atoms with Gasteiger partial charge in [0.05, 0.1) is 13.2 Å². The first-order chi connectivity index (χ1) is 15.6. The molecule has 1 aromatic carbocycles. The minimum atomic E-state index is 0.0493. The number of anilines is 1. The highest BCUT2D eigenvalue weighted by Crippen LogP contribution is 2.18. The summed E-state index contributed by atoms with van der Waals surface area (Å²) in [7, 11) is 0. The molecule has 0 aromatic heterocycles. The maximum Gasteiger partial charge on any atom is 0.239 e. The van der Waals surface area contributed by atoms with Crippen molar-refractivity contribution >= 4 is 11.6 Å². The van der Waals surface area contributed by atoms with Gasteiger partial charge in [-0.1, -0.05) is 110 Å². The molecule has 1 rings (SSSR count). The number of carbonyl (C=O) groups excluding carboxylic acids is 1. The summed E-state index contributed by atoms with van der Waals surface area (Å²) in [6.45, 7) is 8.31. The second-order valence-electron chi connectivity index (χ2n) is 9.53. The number of unbranched alkanes of at least 4 members (excludes halogenated alkanes) is 13. The van der Waals surface area contributed by atoms with Crippen LogP contribution in [0.1, 0.15) is 111 Å². The van der Waals surface area contributed by atoms with Gasteiger partial charge in [-0.15, -0.1) is 0 Å². The Hall–Kier alpha value is -1.71. The molecule has 4 nitrogen and oxygen atoms in total. The van der Waals surface area contributed by atoms with Crippen LogP contribution in [0.4, 0.5) is 5.69 Å². The lowest BCUT2D eigenvalue weighted by Gasteiger charge is -2.11. The van der Waals surface area contributed by atoms with Crippen molar-refractivity contribution in [2.24, 2.45) is 5.92 Å². The van der Waals surface area contributed by atoms with Gasteiger partial charge in [-0.25, -0.2) is 0 Å². The molecule has 0 heterocycles. The van der Waals surface area contributed by atoms with Crippen LogP contribution in [0, 0.1) is 5.92 Å². The van der Waals surface area contributed by atoms with Crippen molar-refractivity contribution in [3.05, 3.63) is 24.3 Å². The number of ether oxygens (including phenoxy) is 1. The lowest BCUT2D eigenvalue weighted by atomic mass is 10.0. The van der Waals surface area contributed by atoms with Crippen LogP contribution in [0.5, 0.6) is 5.75 Å². The fraction of sp³-hybridized carbons (Fsp3) is 0.750. The average Bonchev–Trinajstić information content (AvgIpc) is 2.79. The molecule has 0 aliphatic carbocycles. The number of nitrogens with one attached hydrogen (secondary N) is 2. The van der Waals surface area contributed by atoms with Crippen molar-refractivity contribution in [3.8, 4) is 5.75 Å². The summed E-state index contributed by atoms with van der Waals surface area (Å²) in [5.41, 5.74) is 0.915. The van der Waals surface area contributed by atoms with Gasteiger partial charge in [-0.05, 0) is 24.5 Å². The molecule has 2 N–H and O–H groups in total. The standard InChI is InChI=1S/C28H50N2O2/c1-4-5-6-7-8-9-10-11-12-13-14-15-16-17-21-29-28(31)23-30-26-19-18-20-27(22-26)32-24-25(2)3/h18-20,22,25,30H,4-17,21,23-24H2,1-3H3,(H,29,31). The van der Waals surface area contributed by atoms with Crippen LogP contribution in [-0.2, 0) is 4.79 Å². The first kappa shape index (κ1) is 28.3. The van der Waals surface area contributed by atoms with Gasteiger partial charge in [0, 0.05) is 18.3 Å². The van der Waals surface area contributed by atoms with Crippen LogP contribution in [-0.4, -0.2) is 25.6 Å². The van der Waals surface area contributed by atoms with Gasteiger partial charge in [0.25, 0.3) is 0 Å². The van der Waals surface area contributed by atoms with Crippen molar-refractivity contribution in [3.63, 3.8) is 0 Å². The van der Waals surface area contributed by atoms with E-state index in [9.17, 15) is 4.79 Å². The predicted octanol–water partition coefficient (Wildman–Crippen LogP) is 7.73. The van der Waals surface area contributed by atoms with E-state index in [-0.39, 0.29) is 5.91 Å². The van der Waals surface area contributed by atoms with Crippen molar-refractivity contribution in [2.45, 2.75) is 111 Å². The summed E-state index contributed by atoms with van der Waals surface area (Å²) in [5, 5.41) is 6.20. The van der Waals surface area contributed by atoms with Crippen LogP contribution >= 0.6 is 0 Å². The third kappa shape index (κ3) is 16.9. The maximum atomic E-state index is 12.0. The topological polar surface area (TPSA) is 50.4 Å². The fourth-order valence-electron chi connectivity index (χ4n) is 3.75. The molecule has 1 amide bonds. The molecule has 32 heavy (non-hydrogen) atoms. The van der Waals surface area contributed by atoms with Crippen LogP contribution < -0.4 is 15.4 Å². The highest BCUT2D eigenvalue weighted by molar-refractivity contribution is 5.80. The highest BCUT2D eigenvalue weighted by Gasteiger charge is 2.03. The second kappa shape index (κ2) is 19.9. The van der Waals surface area contributed by atoms with Gasteiger partial charge in [-0.2, -0.15) is 0 Å². The summed E-state index contributed by atoms with van der Waals surface area (Å²) in [4.78, 5) is 12.0. The third-order valence-corrected chi connectivity index (χ3v) is 5.72. The molecule has 1 aromatic rings. The number of rotatable bonds is 21. The Bertz CT molecular complexity index is 574. The zero-order valence-electron chi connectivity index (χ0n) is 21.2. The SMILES string of the molecule is CCCCCCCCCCCCCCCCNC(=O)CNc1cccc(OCC(C)C)c1. The number of amides is 1. The predicted molar refractivity (Wildman–Crippen MR) is 139 cm³/mol. The minimum Gasteiger partial charge on any atom is -0.493 e. The summed E-state index contributed by atoms with van der Waals surface area (Å²) in [6, 6.07) is 7.81. The van der Waals surface area contributed by atoms with E-state index in [4.69, 9.17) is 4.74 Å². The lowest BCUT2D eigenvalue weighted by Crippen LogP contribution is -2.30. The molecule has 0 saturated carbocycles. The Morgan fingerprint density at radius 3 is 1.97 bits per heavy atom. The van der Waals surface area contributed by atoms with Crippen LogP contribution in [0.3, 0.4) is 0 Å². The highest BCUT2D eigenvalue weighted by atomic mass is 16.5. The maximum absolute atomic E-state index is 12.0. The Labute approximate surface area is 198 Å². The Morgan fingerprint density at radius 1 is 0.844 bits per heavy atom. The quantitative estimate of drug-likeness (QED) is 0.190. The molecule has 184 valence electrons. The second-order valence-corrected chi connectivity index (χ2v) is 9.53. The summed E-state index contributed by atoms with van der Waals surface area (Å²) in [5.74, 6) is 1.38. The molecular formula is C28H50N2O2. The first-order valence-electron chi connectivity index (χ1n) is 13.3. The molecule has 0 saturated heterocycles. The van der Waals surface area contributed by atoms with Gasteiger partial charge >= 0.3 is 0 Å². The van der Waals surface area contributed by atoms with Crippen LogP contribution in [0.2, 0.25) is 0 Å². The molecule has 4 heteroatoms. The molecule has 0 fully saturated rings. The van der Waals surface area contributed by atoms with Crippen molar-refractivity contribution < 1.29 is 9.53 Å². The van der Waals surface area contributed by atoms with Crippen molar-refractivity contribution in [2.75, 3.05) is 25.0 Å². The molecule has 0 aliphatic heterocycles. The van der Waals surface area contributed by atoms with E-state index in [1.807, 2.05) is 24.3 Å². The molecule has 0 bridgehead atoms. The van der Waals surface area contributed by atoms with Crippen LogP contribution in [0.15, 0.2) is 24.3 Å². The molecular weight excluding hydrogens is 396 g/mol. The van der Waals surface area contributed by atoms with E-state index in [2.05, 4.69) is 31.4 Å². The zero-order chi connectivity index (χ0) is 23.3. The number of hydrogen-bond acceptors (Lipinski definition) is 3. The van der Waals surface area contributed by atoms with E-state index in [1.165, 1.54) is 83.5 Å². The van der Waals surface area contributed by atoms with Crippen molar-refractivity contribution in [1.29, 1.82) is 0 Å². The van der Waals surface area contributed by atoms with Gasteiger partial charge in [0.15, 0.2) is 0 Å². The largest absolute Gasteiger partial charge is 0.493 e. The zero-order valence-corrected chi connectivity index (χ0v) is 21.2. The van der Waals surface area contributed by atoms with E-state index >= 15 is 0 Å². The molecule has 0 spiro atoms. The Balaban J connectivity index is 1.91. The molecule has 0 unspecified atom stereocenters. The Morgan fingerprint density at radius 2 is 1.41 bits per heavy atom.